The highest BCUT2D eigenvalue weighted by atomic mass is 35.5. The van der Waals surface area contributed by atoms with Crippen molar-refractivity contribution in [3.63, 3.8) is 0 Å². The van der Waals surface area contributed by atoms with E-state index in [1.54, 1.807) is 32.9 Å². The second kappa shape index (κ2) is 6.12. The van der Waals surface area contributed by atoms with Gasteiger partial charge in [-0.2, -0.15) is 0 Å². The summed E-state index contributed by atoms with van der Waals surface area (Å²) in [4.78, 5) is 29.3. The Morgan fingerprint density at radius 3 is 2.64 bits per heavy atom. The van der Waals surface area contributed by atoms with E-state index in [4.69, 9.17) is 21.1 Å². The molecule has 2 rings (SSSR count). The monoisotopic (exact) mass is 326 g/mol. The molecule has 0 saturated carbocycles. The Morgan fingerprint density at radius 1 is 1.36 bits per heavy atom. The lowest BCUT2D eigenvalue weighted by Gasteiger charge is -2.34. The maximum atomic E-state index is 12.2. The van der Waals surface area contributed by atoms with Crippen molar-refractivity contribution >= 4 is 23.7 Å². The number of ether oxygens (including phenoxy) is 2. The fourth-order valence-corrected chi connectivity index (χ4v) is 2.36. The van der Waals surface area contributed by atoms with Crippen LogP contribution in [0.25, 0.3) is 0 Å². The predicted molar refractivity (Wildman–Crippen MR) is 80.4 cm³/mol. The minimum Gasteiger partial charge on any atom is -0.454 e. The van der Waals surface area contributed by atoms with Gasteiger partial charge in [0.15, 0.2) is 6.10 Å². The molecule has 0 saturated heterocycles. The van der Waals surface area contributed by atoms with Crippen molar-refractivity contribution in [1.82, 2.24) is 9.88 Å². The van der Waals surface area contributed by atoms with Gasteiger partial charge in [0, 0.05) is 6.92 Å². The molecule has 1 amide bonds. The molecular formula is C15H19ClN2O4. The summed E-state index contributed by atoms with van der Waals surface area (Å²) in [6, 6.07) is 3.42. The summed E-state index contributed by atoms with van der Waals surface area (Å²) in [7, 11) is 0. The maximum Gasteiger partial charge on any atom is 0.410 e. The van der Waals surface area contributed by atoms with Gasteiger partial charge in [-0.15, -0.1) is 0 Å². The van der Waals surface area contributed by atoms with Gasteiger partial charge in [-0.3, -0.25) is 9.69 Å². The molecule has 0 spiro atoms. The molecule has 120 valence electrons. The lowest BCUT2D eigenvalue weighted by atomic mass is 10.0. The number of fused-ring (bicyclic) bond motifs is 1. The molecule has 2 heterocycles. The molecule has 0 aromatic carbocycles. The van der Waals surface area contributed by atoms with E-state index in [9.17, 15) is 9.59 Å². The van der Waals surface area contributed by atoms with Crippen LogP contribution in [0.5, 0.6) is 0 Å². The zero-order valence-corrected chi connectivity index (χ0v) is 13.8. The molecule has 1 aromatic heterocycles. The van der Waals surface area contributed by atoms with Crippen LogP contribution < -0.4 is 0 Å². The van der Waals surface area contributed by atoms with Gasteiger partial charge in [0.25, 0.3) is 0 Å². The van der Waals surface area contributed by atoms with Gasteiger partial charge < -0.3 is 9.47 Å². The first-order chi connectivity index (χ1) is 10.2. The SMILES string of the molecule is CC(=O)O[C@H]1CN(C(=O)OC(C)(C)C)Cc2ccc(Cl)nc21. The van der Waals surface area contributed by atoms with Gasteiger partial charge in [0.05, 0.1) is 18.8 Å². The first kappa shape index (κ1) is 16.5. The molecule has 1 atom stereocenters. The molecule has 0 N–H and O–H groups in total. The van der Waals surface area contributed by atoms with Gasteiger partial charge >= 0.3 is 12.1 Å². The molecule has 22 heavy (non-hydrogen) atoms. The van der Waals surface area contributed by atoms with Crippen LogP contribution in [0, 0.1) is 0 Å². The molecular weight excluding hydrogens is 308 g/mol. The van der Waals surface area contributed by atoms with Gasteiger partial charge in [0.2, 0.25) is 0 Å². The van der Waals surface area contributed by atoms with E-state index in [0.29, 0.717) is 17.4 Å². The highest BCUT2D eigenvalue weighted by molar-refractivity contribution is 6.29. The van der Waals surface area contributed by atoms with Gasteiger partial charge in [-0.1, -0.05) is 17.7 Å². The van der Waals surface area contributed by atoms with Crippen molar-refractivity contribution in [2.24, 2.45) is 0 Å². The zero-order chi connectivity index (χ0) is 16.5. The number of carbonyl (C=O) groups is 2. The third-order valence-corrected chi connectivity index (χ3v) is 3.20. The molecule has 0 aliphatic carbocycles. The van der Waals surface area contributed by atoms with Crippen LogP contribution in [0.3, 0.4) is 0 Å². The Morgan fingerprint density at radius 2 is 2.05 bits per heavy atom. The fourth-order valence-electron chi connectivity index (χ4n) is 2.21. The first-order valence-electron chi connectivity index (χ1n) is 6.96. The fraction of sp³-hybridized carbons (Fsp3) is 0.533. The van der Waals surface area contributed by atoms with Crippen LogP contribution in [0.4, 0.5) is 4.79 Å². The van der Waals surface area contributed by atoms with Crippen molar-refractivity contribution in [2.75, 3.05) is 6.54 Å². The topological polar surface area (TPSA) is 68.7 Å². The van der Waals surface area contributed by atoms with Gasteiger partial charge in [-0.25, -0.2) is 9.78 Å². The normalized spacial score (nSPS) is 17.7. The van der Waals surface area contributed by atoms with Crippen LogP contribution in [0.2, 0.25) is 5.15 Å². The highest BCUT2D eigenvalue weighted by Crippen LogP contribution is 2.30. The molecule has 7 heteroatoms. The lowest BCUT2D eigenvalue weighted by Crippen LogP contribution is -2.42. The smallest absolute Gasteiger partial charge is 0.410 e. The third-order valence-electron chi connectivity index (χ3n) is 2.99. The third kappa shape index (κ3) is 4.10. The number of rotatable bonds is 1. The highest BCUT2D eigenvalue weighted by Gasteiger charge is 2.33. The summed E-state index contributed by atoms with van der Waals surface area (Å²) in [5.74, 6) is -0.441. The van der Waals surface area contributed by atoms with Gasteiger partial charge in [0.1, 0.15) is 10.8 Å². The molecule has 1 aliphatic heterocycles. The summed E-state index contributed by atoms with van der Waals surface area (Å²) < 4.78 is 10.6. The van der Waals surface area contributed by atoms with Crippen LogP contribution in [-0.2, 0) is 20.8 Å². The quantitative estimate of drug-likeness (QED) is 0.586. The number of esters is 1. The summed E-state index contributed by atoms with van der Waals surface area (Å²) in [6.45, 7) is 7.24. The number of halogens is 1. The summed E-state index contributed by atoms with van der Waals surface area (Å²) in [5, 5.41) is 0.321. The average Bonchev–Trinajstić information content (AvgIpc) is 2.36. The van der Waals surface area contributed by atoms with Crippen LogP contribution in [0.15, 0.2) is 12.1 Å². The van der Waals surface area contributed by atoms with E-state index in [0.717, 1.165) is 5.56 Å². The maximum absolute atomic E-state index is 12.2. The number of aromatic nitrogens is 1. The van der Waals surface area contributed by atoms with Crippen LogP contribution in [-0.4, -0.2) is 34.1 Å². The molecule has 0 fully saturated rings. The Labute approximate surface area is 134 Å². The number of nitrogens with zero attached hydrogens (tertiary/aromatic N) is 2. The van der Waals surface area contributed by atoms with E-state index in [2.05, 4.69) is 4.98 Å². The molecule has 0 bridgehead atoms. The second-order valence-electron chi connectivity index (χ2n) is 6.14. The molecule has 0 unspecified atom stereocenters. The Bertz CT molecular complexity index is 598. The van der Waals surface area contributed by atoms with Crippen LogP contribution in [0.1, 0.15) is 45.1 Å². The molecule has 1 aliphatic rings. The Kier molecular flexibility index (Phi) is 4.60. The largest absolute Gasteiger partial charge is 0.454 e. The minimum atomic E-state index is -0.646. The number of hydrogen-bond donors (Lipinski definition) is 0. The standard InChI is InChI=1S/C15H19ClN2O4/c1-9(19)21-11-8-18(14(20)22-15(2,3)4)7-10-5-6-12(16)17-13(10)11/h5-6,11H,7-8H2,1-4H3/t11-/m0/s1. The molecule has 1 aromatic rings. The van der Waals surface area contributed by atoms with Crippen LogP contribution >= 0.6 is 11.6 Å². The van der Waals surface area contributed by atoms with Crippen molar-refractivity contribution in [3.8, 4) is 0 Å². The minimum absolute atomic E-state index is 0.189. The number of carbonyl (C=O) groups excluding carboxylic acids is 2. The van der Waals surface area contributed by atoms with E-state index in [1.807, 2.05) is 0 Å². The summed E-state index contributed by atoms with van der Waals surface area (Å²) in [5.41, 5.74) is 0.780. The number of pyridine rings is 1. The lowest BCUT2D eigenvalue weighted by molar-refractivity contribution is -0.148. The summed E-state index contributed by atoms with van der Waals surface area (Å²) in [6.07, 6.45) is -1.10. The van der Waals surface area contributed by atoms with Crippen molar-refractivity contribution in [1.29, 1.82) is 0 Å². The van der Waals surface area contributed by atoms with E-state index in [1.165, 1.54) is 11.8 Å². The average molecular weight is 327 g/mol. The zero-order valence-electron chi connectivity index (χ0n) is 13.1. The summed E-state index contributed by atoms with van der Waals surface area (Å²) >= 11 is 5.91. The van der Waals surface area contributed by atoms with E-state index < -0.39 is 23.8 Å². The van der Waals surface area contributed by atoms with Crippen molar-refractivity contribution < 1.29 is 19.1 Å². The van der Waals surface area contributed by atoms with Gasteiger partial charge in [-0.05, 0) is 32.4 Å². The molecule has 6 nitrogen and oxygen atoms in total. The Hall–Kier alpha value is -1.82. The van der Waals surface area contributed by atoms with Crippen molar-refractivity contribution in [2.45, 2.75) is 45.9 Å². The second-order valence-corrected chi connectivity index (χ2v) is 6.52. The molecule has 0 radical (unpaired) electrons. The Balaban J connectivity index is 2.26. The van der Waals surface area contributed by atoms with E-state index in [-0.39, 0.29) is 6.54 Å². The number of hydrogen-bond acceptors (Lipinski definition) is 5. The van der Waals surface area contributed by atoms with E-state index >= 15 is 0 Å². The number of amides is 1. The van der Waals surface area contributed by atoms with Crippen molar-refractivity contribution in [3.05, 3.63) is 28.5 Å². The predicted octanol–water partition coefficient (Wildman–Crippen LogP) is 3.09. The first-order valence-corrected chi connectivity index (χ1v) is 7.34.